The van der Waals surface area contributed by atoms with Gasteiger partial charge in [0.1, 0.15) is 17.1 Å². The fourth-order valence-electron chi connectivity index (χ4n) is 2.01. The second kappa shape index (κ2) is 7.20. The molecule has 0 spiro atoms. The maximum absolute atomic E-state index is 13.5. The van der Waals surface area contributed by atoms with Crippen LogP contribution in [0.25, 0.3) is 0 Å². The van der Waals surface area contributed by atoms with Gasteiger partial charge in [0.15, 0.2) is 0 Å². The van der Waals surface area contributed by atoms with Gasteiger partial charge in [0.25, 0.3) is 0 Å². The van der Waals surface area contributed by atoms with Gasteiger partial charge >= 0.3 is 12.1 Å². The Morgan fingerprint density at radius 1 is 1.32 bits per heavy atom. The van der Waals surface area contributed by atoms with Crippen LogP contribution in [0.5, 0.6) is 0 Å². The highest BCUT2D eigenvalue weighted by molar-refractivity contribution is 5.90. The summed E-state index contributed by atoms with van der Waals surface area (Å²) >= 11 is 0. The summed E-state index contributed by atoms with van der Waals surface area (Å²) in [6, 6.07) is 3.76. The third-order valence-electron chi connectivity index (χ3n) is 3.02. The van der Waals surface area contributed by atoms with Crippen molar-refractivity contribution in [2.45, 2.75) is 32.9 Å². The van der Waals surface area contributed by atoms with Crippen molar-refractivity contribution in [1.29, 1.82) is 0 Å². The van der Waals surface area contributed by atoms with Crippen LogP contribution in [0.15, 0.2) is 24.4 Å². The van der Waals surface area contributed by atoms with Crippen LogP contribution < -0.4 is 10.6 Å². The number of carbonyl (C=O) groups excluding carboxylic acids is 1. The number of aromatic carboxylic acids is 1. The monoisotopic (exact) mass is 350 g/mol. The summed E-state index contributed by atoms with van der Waals surface area (Å²) in [7, 11) is 0. The number of benzene rings is 1. The Bertz CT molecular complexity index is 783. The quantitative estimate of drug-likeness (QED) is 0.658. The molecule has 2 rings (SSSR count). The van der Waals surface area contributed by atoms with Crippen LogP contribution in [-0.2, 0) is 11.3 Å². The lowest BCUT2D eigenvalue weighted by Gasteiger charge is -2.20. The van der Waals surface area contributed by atoms with E-state index in [1.54, 1.807) is 20.8 Å². The molecule has 134 valence electrons. The van der Waals surface area contributed by atoms with Gasteiger partial charge in [-0.15, -0.1) is 0 Å². The van der Waals surface area contributed by atoms with Gasteiger partial charge in [-0.3, -0.25) is 10.4 Å². The molecule has 1 heterocycles. The number of carboxylic acids is 1. The number of hydrogen-bond acceptors (Lipinski definition) is 5. The first-order chi connectivity index (χ1) is 11.7. The van der Waals surface area contributed by atoms with Crippen molar-refractivity contribution in [2.24, 2.45) is 0 Å². The molecule has 1 amide bonds. The molecule has 0 aliphatic rings. The van der Waals surface area contributed by atoms with E-state index in [0.29, 0.717) is 11.3 Å². The Morgan fingerprint density at radius 2 is 2.04 bits per heavy atom. The highest BCUT2D eigenvalue weighted by Crippen LogP contribution is 2.24. The van der Waals surface area contributed by atoms with E-state index in [4.69, 9.17) is 9.84 Å². The van der Waals surface area contributed by atoms with Gasteiger partial charge in [-0.1, -0.05) is 0 Å². The van der Waals surface area contributed by atoms with E-state index in [0.717, 1.165) is 0 Å². The third-order valence-corrected chi connectivity index (χ3v) is 3.02. The molecule has 25 heavy (non-hydrogen) atoms. The lowest BCUT2D eigenvalue weighted by Crippen LogP contribution is -2.27. The minimum atomic E-state index is -1.15. The Kier molecular flexibility index (Phi) is 5.26. The lowest BCUT2D eigenvalue weighted by molar-refractivity contribution is 0.0634. The number of carboxylic acid groups (broad SMARTS) is 1. The first-order valence-electron chi connectivity index (χ1n) is 7.44. The van der Waals surface area contributed by atoms with Crippen LogP contribution in [-0.4, -0.2) is 33.0 Å². The Labute approximate surface area is 143 Å². The molecule has 0 aliphatic carbocycles. The first kappa shape index (κ1) is 18.2. The van der Waals surface area contributed by atoms with Gasteiger partial charge in [0, 0.05) is 12.1 Å². The molecular weight excluding hydrogens is 331 g/mol. The van der Waals surface area contributed by atoms with Crippen molar-refractivity contribution in [1.82, 2.24) is 10.2 Å². The normalized spacial score (nSPS) is 11.0. The predicted molar refractivity (Wildman–Crippen MR) is 89.1 cm³/mol. The smallest absolute Gasteiger partial charge is 0.412 e. The van der Waals surface area contributed by atoms with E-state index in [2.05, 4.69) is 20.8 Å². The number of anilines is 2. The number of aromatic nitrogens is 2. The topological polar surface area (TPSA) is 116 Å². The lowest BCUT2D eigenvalue weighted by atomic mass is 10.2. The van der Waals surface area contributed by atoms with Crippen molar-refractivity contribution < 1.29 is 23.8 Å². The SMILES string of the molecule is CC(C)(C)OC(=O)Nc1ccc(F)cc1NCc1cn[nH]c1C(=O)O. The second-order valence-electron chi connectivity index (χ2n) is 6.25. The maximum Gasteiger partial charge on any atom is 0.412 e. The number of halogens is 1. The van der Waals surface area contributed by atoms with Crippen molar-refractivity contribution in [2.75, 3.05) is 10.6 Å². The molecule has 0 unspecified atom stereocenters. The number of nitrogens with one attached hydrogen (secondary N) is 3. The third kappa shape index (κ3) is 5.20. The molecule has 1 aromatic carbocycles. The number of carbonyl (C=O) groups is 2. The fourth-order valence-corrected chi connectivity index (χ4v) is 2.01. The van der Waals surface area contributed by atoms with Gasteiger partial charge in [-0.05, 0) is 39.0 Å². The fraction of sp³-hybridized carbons (Fsp3) is 0.312. The van der Waals surface area contributed by atoms with Crippen LogP contribution >= 0.6 is 0 Å². The van der Waals surface area contributed by atoms with E-state index in [1.807, 2.05) is 0 Å². The van der Waals surface area contributed by atoms with Crippen LogP contribution in [0, 0.1) is 5.82 Å². The predicted octanol–water partition coefficient (Wildman–Crippen LogP) is 3.21. The molecule has 9 heteroatoms. The number of hydrogen-bond donors (Lipinski definition) is 4. The van der Waals surface area contributed by atoms with Crippen molar-refractivity contribution in [3.05, 3.63) is 41.5 Å². The van der Waals surface area contributed by atoms with Crippen LogP contribution in [0.1, 0.15) is 36.8 Å². The summed E-state index contributed by atoms with van der Waals surface area (Å²) in [5.41, 5.74) is 0.232. The zero-order valence-electron chi connectivity index (χ0n) is 14.0. The molecule has 0 radical (unpaired) electrons. The molecule has 0 atom stereocenters. The summed E-state index contributed by atoms with van der Waals surface area (Å²) in [5.74, 6) is -1.66. The standard InChI is InChI=1S/C16H19FN4O4/c1-16(2,3)25-15(24)20-11-5-4-10(17)6-12(11)18-7-9-8-19-21-13(9)14(22)23/h4-6,8,18H,7H2,1-3H3,(H,19,21)(H,20,24)(H,22,23). The number of ether oxygens (including phenoxy) is 1. The van der Waals surface area contributed by atoms with Gasteiger partial charge < -0.3 is 15.2 Å². The number of aromatic amines is 1. The Balaban J connectivity index is 2.14. The molecule has 0 fully saturated rings. The van der Waals surface area contributed by atoms with Gasteiger partial charge in [-0.25, -0.2) is 14.0 Å². The van der Waals surface area contributed by atoms with E-state index in [1.165, 1.54) is 24.4 Å². The van der Waals surface area contributed by atoms with E-state index < -0.39 is 23.5 Å². The van der Waals surface area contributed by atoms with Crippen LogP contribution in [0.2, 0.25) is 0 Å². The van der Waals surface area contributed by atoms with Gasteiger partial charge in [0.2, 0.25) is 0 Å². The highest BCUT2D eigenvalue weighted by Gasteiger charge is 2.18. The summed E-state index contributed by atoms with van der Waals surface area (Å²) in [6.07, 6.45) is 0.674. The van der Waals surface area contributed by atoms with Crippen LogP contribution in [0.3, 0.4) is 0 Å². The highest BCUT2D eigenvalue weighted by atomic mass is 19.1. The number of amides is 1. The minimum Gasteiger partial charge on any atom is -0.477 e. The minimum absolute atomic E-state index is 0.0643. The number of rotatable bonds is 5. The largest absolute Gasteiger partial charge is 0.477 e. The van der Waals surface area contributed by atoms with Gasteiger partial charge in [-0.2, -0.15) is 5.10 Å². The average Bonchev–Trinajstić information content (AvgIpc) is 2.94. The molecule has 8 nitrogen and oxygen atoms in total. The van der Waals surface area contributed by atoms with Crippen molar-refractivity contribution in [3.8, 4) is 0 Å². The molecule has 0 bridgehead atoms. The Morgan fingerprint density at radius 3 is 2.68 bits per heavy atom. The maximum atomic E-state index is 13.5. The zero-order valence-corrected chi connectivity index (χ0v) is 14.0. The van der Waals surface area contributed by atoms with E-state index >= 15 is 0 Å². The zero-order chi connectivity index (χ0) is 18.6. The summed E-state index contributed by atoms with van der Waals surface area (Å²) in [5, 5.41) is 20.5. The van der Waals surface area contributed by atoms with E-state index in [9.17, 15) is 14.0 Å². The first-order valence-corrected chi connectivity index (χ1v) is 7.44. The molecule has 1 aromatic heterocycles. The van der Waals surface area contributed by atoms with Gasteiger partial charge in [0.05, 0.1) is 17.6 Å². The molecule has 0 saturated carbocycles. The summed E-state index contributed by atoms with van der Waals surface area (Å²) in [4.78, 5) is 23.0. The van der Waals surface area contributed by atoms with Crippen molar-refractivity contribution >= 4 is 23.4 Å². The Hall–Kier alpha value is -3.10. The molecular formula is C16H19FN4O4. The molecule has 0 aliphatic heterocycles. The number of nitrogens with zero attached hydrogens (tertiary/aromatic N) is 1. The molecule has 0 saturated heterocycles. The summed E-state index contributed by atoms with van der Waals surface area (Å²) < 4.78 is 18.7. The molecule has 2 aromatic rings. The van der Waals surface area contributed by atoms with E-state index in [-0.39, 0.29) is 17.9 Å². The van der Waals surface area contributed by atoms with Crippen molar-refractivity contribution in [3.63, 3.8) is 0 Å². The second-order valence-corrected chi connectivity index (χ2v) is 6.25. The summed E-state index contributed by atoms with van der Waals surface area (Å²) in [6.45, 7) is 5.25. The average molecular weight is 350 g/mol. The number of H-pyrrole nitrogens is 1. The van der Waals surface area contributed by atoms with Crippen LogP contribution in [0.4, 0.5) is 20.6 Å². The molecule has 4 N–H and O–H groups in total.